The van der Waals surface area contributed by atoms with Crippen LogP contribution in [0.25, 0.3) is 0 Å². The van der Waals surface area contributed by atoms with E-state index in [0.717, 1.165) is 6.07 Å². The van der Waals surface area contributed by atoms with E-state index in [1.807, 2.05) is 0 Å². The number of anilines is 2. The molecule has 0 saturated heterocycles. The van der Waals surface area contributed by atoms with Crippen molar-refractivity contribution in [3.8, 4) is 0 Å². The Hall–Kier alpha value is -1.78. The van der Waals surface area contributed by atoms with Gasteiger partial charge in [-0.1, -0.05) is 0 Å². The molecule has 0 radical (unpaired) electrons. The highest BCUT2D eigenvalue weighted by atomic mass is 19.1. The third kappa shape index (κ3) is 1.16. The van der Waals surface area contributed by atoms with Crippen molar-refractivity contribution in [2.75, 3.05) is 11.5 Å². The topological polar surface area (TPSA) is 89.3 Å². The van der Waals surface area contributed by atoms with Gasteiger partial charge in [0, 0.05) is 0 Å². The first-order chi connectivity index (χ1) is 5.54. The number of nitrogen functional groups attached to an aromatic ring is 2. The van der Waals surface area contributed by atoms with Gasteiger partial charge in [-0.3, -0.25) is 0 Å². The number of nitrogens with two attached hydrogens (primary N) is 2. The summed E-state index contributed by atoms with van der Waals surface area (Å²) in [5, 5.41) is 8.50. The zero-order valence-electron chi connectivity index (χ0n) is 6.04. The zero-order chi connectivity index (χ0) is 9.30. The molecule has 0 bridgehead atoms. The lowest BCUT2D eigenvalue weighted by Crippen LogP contribution is -2.08. The minimum atomic E-state index is -1.42. The second kappa shape index (κ2) is 2.69. The summed E-state index contributed by atoms with van der Waals surface area (Å²) in [7, 11) is 0. The van der Waals surface area contributed by atoms with Crippen LogP contribution in [-0.2, 0) is 0 Å². The van der Waals surface area contributed by atoms with Gasteiger partial charge in [-0.05, 0) is 12.1 Å². The third-order valence-electron chi connectivity index (χ3n) is 1.44. The Morgan fingerprint density at radius 2 is 2.00 bits per heavy atom. The highest BCUT2D eigenvalue weighted by Crippen LogP contribution is 2.22. The fraction of sp³-hybridized carbons (Fsp3) is 0. The highest BCUT2D eigenvalue weighted by Gasteiger charge is 2.15. The van der Waals surface area contributed by atoms with Crippen LogP contribution in [0.1, 0.15) is 10.4 Å². The van der Waals surface area contributed by atoms with E-state index in [0.29, 0.717) is 0 Å². The van der Waals surface area contributed by atoms with Crippen molar-refractivity contribution in [1.29, 1.82) is 0 Å². The van der Waals surface area contributed by atoms with Crippen molar-refractivity contribution in [3.05, 3.63) is 23.5 Å². The molecule has 0 saturated carbocycles. The largest absolute Gasteiger partial charge is 0.478 e. The fourth-order valence-electron chi connectivity index (χ4n) is 0.826. The first-order valence-electron chi connectivity index (χ1n) is 3.10. The Labute approximate surface area is 67.6 Å². The van der Waals surface area contributed by atoms with Crippen molar-refractivity contribution in [1.82, 2.24) is 0 Å². The lowest BCUT2D eigenvalue weighted by molar-refractivity contribution is 0.0693. The highest BCUT2D eigenvalue weighted by molar-refractivity contribution is 5.96. The van der Waals surface area contributed by atoms with Gasteiger partial charge in [0.05, 0.1) is 11.4 Å². The summed E-state index contributed by atoms with van der Waals surface area (Å²) in [6.07, 6.45) is 0. The van der Waals surface area contributed by atoms with E-state index in [9.17, 15) is 9.18 Å². The van der Waals surface area contributed by atoms with Gasteiger partial charge in [-0.2, -0.15) is 0 Å². The SMILES string of the molecule is Nc1ccc(F)c(C(=O)O)c1N. The van der Waals surface area contributed by atoms with E-state index in [2.05, 4.69) is 0 Å². The Morgan fingerprint density at radius 3 is 2.42 bits per heavy atom. The molecule has 5 heteroatoms. The maximum Gasteiger partial charge on any atom is 0.340 e. The van der Waals surface area contributed by atoms with Crippen LogP contribution in [0.5, 0.6) is 0 Å². The number of carboxylic acid groups (broad SMARTS) is 1. The molecule has 0 atom stereocenters. The number of hydrogen-bond acceptors (Lipinski definition) is 3. The molecule has 12 heavy (non-hydrogen) atoms. The maximum atomic E-state index is 12.8. The number of carbonyl (C=O) groups is 1. The molecule has 0 aromatic heterocycles. The smallest absolute Gasteiger partial charge is 0.340 e. The summed E-state index contributed by atoms with van der Waals surface area (Å²) >= 11 is 0. The Morgan fingerprint density at radius 1 is 1.42 bits per heavy atom. The van der Waals surface area contributed by atoms with Crippen molar-refractivity contribution >= 4 is 17.3 Å². The van der Waals surface area contributed by atoms with Crippen molar-refractivity contribution in [3.63, 3.8) is 0 Å². The first kappa shape index (κ1) is 8.32. The monoisotopic (exact) mass is 170 g/mol. The summed E-state index contributed by atoms with van der Waals surface area (Å²) < 4.78 is 12.8. The summed E-state index contributed by atoms with van der Waals surface area (Å²) in [6.45, 7) is 0. The lowest BCUT2D eigenvalue weighted by Gasteiger charge is -2.04. The second-order valence-electron chi connectivity index (χ2n) is 2.23. The normalized spacial score (nSPS) is 9.75. The molecular weight excluding hydrogens is 163 g/mol. The van der Waals surface area contributed by atoms with E-state index in [1.54, 1.807) is 0 Å². The number of carboxylic acids is 1. The molecule has 64 valence electrons. The number of rotatable bonds is 1. The van der Waals surface area contributed by atoms with E-state index in [4.69, 9.17) is 16.6 Å². The lowest BCUT2D eigenvalue weighted by atomic mass is 10.1. The molecule has 1 aromatic rings. The summed E-state index contributed by atoms with van der Waals surface area (Å²) in [5.41, 5.74) is 9.77. The molecule has 1 rings (SSSR count). The standard InChI is InChI=1S/C7H7FN2O2/c8-3-1-2-4(9)6(10)5(3)7(11)12/h1-2H,9-10H2,(H,11,12). The van der Waals surface area contributed by atoms with Gasteiger partial charge in [-0.15, -0.1) is 0 Å². The van der Waals surface area contributed by atoms with E-state index in [-0.39, 0.29) is 11.4 Å². The van der Waals surface area contributed by atoms with Crippen LogP contribution in [0.2, 0.25) is 0 Å². The molecule has 4 nitrogen and oxygen atoms in total. The Bertz CT molecular complexity index is 338. The Balaban J connectivity index is 3.43. The van der Waals surface area contributed by atoms with Gasteiger partial charge >= 0.3 is 5.97 Å². The van der Waals surface area contributed by atoms with Gasteiger partial charge in [0.15, 0.2) is 0 Å². The van der Waals surface area contributed by atoms with Crippen molar-refractivity contribution in [2.45, 2.75) is 0 Å². The van der Waals surface area contributed by atoms with Crippen LogP contribution in [0.3, 0.4) is 0 Å². The fourth-order valence-corrected chi connectivity index (χ4v) is 0.826. The predicted molar refractivity (Wildman–Crippen MR) is 42.2 cm³/mol. The van der Waals surface area contributed by atoms with Crippen LogP contribution in [0.4, 0.5) is 15.8 Å². The maximum absolute atomic E-state index is 12.8. The minimum Gasteiger partial charge on any atom is -0.478 e. The minimum absolute atomic E-state index is 0.0637. The summed E-state index contributed by atoms with van der Waals surface area (Å²) in [6, 6.07) is 2.19. The molecule has 0 aliphatic carbocycles. The molecule has 0 amide bonds. The molecule has 0 aliphatic rings. The molecule has 0 fully saturated rings. The molecule has 0 aliphatic heterocycles. The first-order valence-corrected chi connectivity index (χ1v) is 3.10. The van der Waals surface area contributed by atoms with Gasteiger partial charge in [0.2, 0.25) is 0 Å². The predicted octanol–water partition coefficient (Wildman–Crippen LogP) is 0.688. The van der Waals surface area contributed by atoms with Crippen LogP contribution < -0.4 is 11.5 Å². The van der Waals surface area contributed by atoms with Gasteiger partial charge in [0.1, 0.15) is 11.4 Å². The second-order valence-corrected chi connectivity index (χ2v) is 2.23. The summed E-state index contributed by atoms with van der Waals surface area (Å²) in [5.74, 6) is -2.30. The molecule has 0 spiro atoms. The zero-order valence-corrected chi connectivity index (χ0v) is 6.04. The van der Waals surface area contributed by atoms with Crippen LogP contribution in [0, 0.1) is 5.82 Å². The number of aromatic carboxylic acids is 1. The number of halogens is 1. The van der Waals surface area contributed by atoms with E-state index in [1.165, 1.54) is 6.07 Å². The molecule has 5 N–H and O–H groups in total. The molecule has 0 unspecified atom stereocenters. The van der Waals surface area contributed by atoms with Crippen molar-refractivity contribution in [2.24, 2.45) is 0 Å². The van der Waals surface area contributed by atoms with Gasteiger partial charge in [-0.25, -0.2) is 9.18 Å². The molecule has 1 aromatic carbocycles. The average molecular weight is 170 g/mol. The van der Waals surface area contributed by atoms with Crippen LogP contribution in [-0.4, -0.2) is 11.1 Å². The average Bonchev–Trinajstić information content (AvgIpc) is 1.97. The van der Waals surface area contributed by atoms with Crippen LogP contribution >= 0.6 is 0 Å². The van der Waals surface area contributed by atoms with Gasteiger partial charge < -0.3 is 16.6 Å². The number of benzene rings is 1. The van der Waals surface area contributed by atoms with Crippen molar-refractivity contribution < 1.29 is 14.3 Å². The van der Waals surface area contributed by atoms with E-state index >= 15 is 0 Å². The number of hydrogen-bond donors (Lipinski definition) is 3. The van der Waals surface area contributed by atoms with E-state index < -0.39 is 17.3 Å². The third-order valence-corrected chi connectivity index (χ3v) is 1.44. The van der Waals surface area contributed by atoms with Gasteiger partial charge in [0.25, 0.3) is 0 Å². The molecule has 0 heterocycles. The van der Waals surface area contributed by atoms with Crippen LogP contribution in [0.15, 0.2) is 12.1 Å². The molecular formula is C7H7FN2O2. The Kier molecular flexibility index (Phi) is 1.86. The quantitative estimate of drug-likeness (QED) is 0.541. The summed E-state index contributed by atoms with van der Waals surface area (Å²) in [4.78, 5) is 10.4.